The van der Waals surface area contributed by atoms with E-state index in [0.717, 1.165) is 30.1 Å². The van der Waals surface area contributed by atoms with Crippen molar-refractivity contribution in [2.45, 2.75) is 26.9 Å². The van der Waals surface area contributed by atoms with Gasteiger partial charge in [0.2, 0.25) is 0 Å². The van der Waals surface area contributed by atoms with Crippen molar-refractivity contribution in [2.24, 2.45) is 0 Å². The van der Waals surface area contributed by atoms with Gasteiger partial charge in [0.1, 0.15) is 5.76 Å². The number of hydrogen-bond acceptors (Lipinski definition) is 3. The third kappa shape index (κ3) is 2.45. The molecule has 0 saturated carbocycles. The average molecular weight is 266 g/mol. The first-order valence-corrected chi connectivity index (χ1v) is 6.85. The molecule has 0 aliphatic carbocycles. The van der Waals surface area contributed by atoms with E-state index in [4.69, 9.17) is 4.52 Å². The van der Waals surface area contributed by atoms with Gasteiger partial charge in [0.25, 0.3) is 0 Å². The Morgan fingerprint density at radius 3 is 2.60 bits per heavy atom. The lowest BCUT2D eigenvalue weighted by molar-refractivity contribution is 0.392. The highest BCUT2D eigenvalue weighted by molar-refractivity contribution is 5.85. The summed E-state index contributed by atoms with van der Waals surface area (Å²) in [6, 6.07) is 14.9. The summed E-state index contributed by atoms with van der Waals surface area (Å²) in [6.07, 6.45) is 0. The van der Waals surface area contributed by atoms with Crippen LogP contribution >= 0.6 is 0 Å². The molecule has 0 bridgehead atoms. The second-order valence-electron chi connectivity index (χ2n) is 5.04. The van der Waals surface area contributed by atoms with Crippen LogP contribution < -0.4 is 5.32 Å². The second-order valence-corrected chi connectivity index (χ2v) is 5.04. The molecule has 20 heavy (non-hydrogen) atoms. The van der Waals surface area contributed by atoms with Crippen molar-refractivity contribution in [1.82, 2.24) is 10.5 Å². The zero-order chi connectivity index (χ0) is 13.9. The predicted molar refractivity (Wildman–Crippen MR) is 80.5 cm³/mol. The van der Waals surface area contributed by atoms with E-state index in [1.54, 1.807) is 0 Å². The van der Waals surface area contributed by atoms with Crippen LogP contribution in [-0.2, 0) is 13.1 Å². The van der Waals surface area contributed by atoms with E-state index < -0.39 is 0 Å². The smallest absolute Gasteiger partial charge is 0.138 e. The minimum atomic E-state index is 0.782. The predicted octanol–water partition coefficient (Wildman–Crippen LogP) is 3.73. The second kappa shape index (κ2) is 5.47. The van der Waals surface area contributed by atoms with E-state index in [2.05, 4.69) is 52.9 Å². The molecule has 1 heterocycles. The fraction of sp³-hybridized carbons (Fsp3) is 0.235. The molecule has 0 atom stereocenters. The van der Waals surface area contributed by atoms with Crippen LogP contribution in [0.1, 0.15) is 22.6 Å². The first-order chi connectivity index (χ1) is 9.75. The highest BCUT2D eigenvalue weighted by Gasteiger charge is 2.08. The minimum absolute atomic E-state index is 0.782. The lowest BCUT2D eigenvalue weighted by Crippen LogP contribution is -2.13. The third-order valence-corrected chi connectivity index (χ3v) is 3.68. The maximum Gasteiger partial charge on any atom is 0.138 e. The molecule has 0 amide bonds. The van der Waals surface area contributed by atoms with Crippen molar-refractivity contribution in [1.29, 1.82) is 0 Å². The van der Waals surface area contributed by atoms with Crippen LogP contribution in [0.3, 0.4) is 0 Å². The molecule has 3 rings (SSSR count). The zero-order valence-electron chi connectivity index (χ0n) is 11.8. The Labute approximate surface area is 118 Å². The molecule has 3 nitrogen and oxygen atoms in total. The largest absolute Gasteiger partial charge is 0.361 e. The molecular formula is C17H18N2O. The zero-order valence-corrected chi connectivity index (χ0v) is 11.8. The number of benzene rings is 2. The van der Waals surface area contributed by atoms with Gasteiger partial charge in [0.15, 0.2) is 0 Å². The van der Waals surface area contributed by atoms with Crippen LogP contribution in [0.25, 0.3) is 10.8 Å². The Morgan fingerprint density at radius 2 is 1.80 bits per heavy atom. The van der Waals surface area contributed by atoms with Crippen molar-refractivity contribution in [3.63, 3.8) is 0 Å². The lowest BCUT2D eigenvalue weighted by atomic mass is 10.0. The molecule has 102 valence electrons. The van der Waals surface area contributed by atoms with Crippen LogP contribution in [0, 0.1) is 13.8 Å². The Hall–Kier alpha value is -2.13. The number of fused-ring (bicyclic) bond motifs is 1. The summed E-state index contributed by atoms with van der Waals surface area (Å²) in [5.74, 6) is 0.896. The van der Waals surface area contributed by atoms with Gasteiger partial charge in [0, 0.05) is 18.7 Å². The molecule has 3 aromatic rings. The van der Waals surface area contributed by atoms with Gasteiger partial charge in [-0.1, -0.05) is 47.6 Å². The SMILES string of the molecule is Cc1noc(C)c1CNCc1cccc2ccccc12. The highest BCUT2D eigenvalue weighted by atomic mass is 16.5. The number of aryl methyl sites for hydroxylation is 2. The van der Waals surface area contributed by atoms with E-state index in [-0.39, 0.29) is 0 Å². The molecule has 1 aromatic heterocycles. The summed E-state index contributed by atoms with van der Waals surface area (Å²) in [6.45, 7) is 5.55. The molecule has 0 spiro atoms. The van der Waals surface area contributed by atoms with E-state index in [1.807, 2.05) is 13.8 Å². The summed E-state index contributed by atoms with van der Waals surface area (Å²) in [5.41, 5.74) is 3.44. The first kappa shape index (κ1) is 12.9. The topological polar surface area (TPSA) is 38.1 Å². The maximum absolute atomic E-state index is 5.18. The van der Waals surface area contributed by atoms with Gasteiger partial charge in [-0.25, -0.2) is 0 Å². The molecular weight excluding hydrogens is 248 g/mol. The van der Waals surface area contributed by atoms with Crippen LogP contribution in [-0.4, -0.2) is 5.16 Å². The maximum atomic E-state index is 5.18. The van der Waals surface area contributed by atoms with Crippen LogP contribution in [0.5, 0.6) is 0 Å². The van der Waals surface area contributed by atoms with Gasteiger partial charge in [0.05, 0.1) is 5.69 Å². The van der Waals surface area contributed by atoms with E-state index in [0.29, 0.717) is 0 Å². The summed E-state index contributed by atoms with van der Waals surface area (Å²) >= 11 is 0. The van der Waals surface area contributed by atoms with Crippen LogP contribution in [0.4, 0.5) is 0 Å². The van der Waals surface area contributed by atoms with Crippen molar-refractivity contribution in [2.75, 3.05) is 0 Å². The summed E-state index contributed by atoms with van der Waals surface area (Å²) < 4.78 is 5.18. The Bertz CT molecular complexity index is 706. The standard InChI is InChI=1S/C17H18N2O/c1-12-17(13(2)20-19-12)11-18-10-15-8-5-7-14-6-3-4-9-16(14)15/h3-9,18H,10-11H2,1-2H3. The molecule has 1 N–H and O–H groups in total. The van der Waals surface area contributed by atoms with Crippen LogP contribution in [0.2, 0.25) is 0 Å². The van der Waals surface area contributed by atoms with Gasteiger partial charge in [-0.2, -0.15) is 0 Å². The van der Waals surface area contributed by atoms with Gasteiger partial charge >= 0.3 is 0 Å². The average Bonchev–Trinajstić information content (AvgIpc) is 2.79. The summed E-state index contributed by atoms with van der Waals surface area (Å²) in [7, 11) is 0. The molecule has 0 fully saturated rings. The number of nitrogens with one attached hydrogen (secondary N) is 1. The molecule has 0 aliphatic heterocycles. The Kier molecular flexibility index (Phi) is 3.52. The normalized spacial score (nSPS) is 11.1. The van der Waals surface area contributed by atoms with Crippen molar-refractivity contribution >= 4 is 10.8 Å². The van der Waals surface area contributed by atoms with Gasteiger partial charge in [-0.3, -0.25) is 0 Å². The molecule has 2 aromatic carbocycles. The number of hydrogen-bond donors (Lipinski definition) is 1. The molecule has 0 unspecified atom stereocenters. The van der Waals surface area contributed by atoms with E-state index in [1.165, 1.54) is 16.3 Å². The quantitative estimate of drug-likeness (QED) is 0.782. The van der Waals surface area contributed by atoms with Gasteiger partial charge in [-0.05, 0) is 30.2 Å². The Balaban J connectivity index is 1.75. The monoisotopic (exact) mass is 266 g/mol. The lowest BCUT2D eigenvalue weighted by Gasteiger charge is -2.08. The fourth-order valence-corrected chi connectivity index (χ4v) is 2.52. The van der Waals surface area contributed by atoms with Gasteiger partial charge < -0.3 is 9.84 Å². The van der Waals surface area contributed by atoms with E-state index >= 15 is 0 Å². The van der Waals surface area contributed by atoms with E-state index in [9.17, 15) is 0 Å². The highest BCUT2D eigenvalue weighted by Crippen LogP contribution is 2.18. The molecule has 0 saturated heterocycles. The minimum Gasteiger partial charge on any atom is -0.361 e. The first-order valence-electron chi connectivity index (χ1n) is 6.85. The van der Waals surface area contributed by atoms with Crippen molar-refractivity contribution < 1.29 is 4.52 Å². The van der Waals surface area contributed by atoms with Crippen LogP contribution in [0.15, 0.2) is 47.0 Å². The number of nitrogens with zero attached hydrogens (tertiary/aromatic N) is 1. The summed E-state index contributed by atoms with van der Waals surface area (Å²) in [4.78, 5) is 0. The van der Waals surface area contributed by atoms with Crippen molar-refractivity contribution in [3.05, 3.63) is 65.0 Å². The number of aromatic nitrogens is 1. The fourth-order valence-electron chi connectivity index (χ4n) is 2.52. The molecule has 0 aliphatic rings. The molecule has 3 heteroatoms. The van der Waals surface area contributed by atoms with Gasteiger partial charge in [-0.15, -0.1) is 0 Å². The number of rotatable bonds is 4. The Morgan fingerprint density at radius 1 is 1.00 bits per heavy atom. The molecule has 0 radical (unpaired) electrons. The van der Waals surface area contributed by atoms with Crippen molar-refractivity contribution in [3.8, 4) is 0 Å². The third-order valence-electron chi connectivity index (χ3n) is 3.68. The summed E-state index contributed by atoms with van der Waals surface area (Å²) in [5, 5.41) is 10.0.